The monoisotopic (exact) mass is 372 g/mol. The van der Waals surface area contributed by atoms with Crippen LogP contribution < -0.4 is 5.43 Å². The number of nitrogens with zero attached hydrogens (tertiary/aromatic N) is 1. The molecule has 0 bridgehead atoms. The van der Waals surface area contributed by atoms with Gasteiger partial charge < -0.3 is 10.2 Å². The van der Waals surface area contributed by atoms with Gasteiger partial charge in [0.25, 0.3) is 0 Å². The number of nitrogens with one attached hydrogen (secondary N) is 1. The van der Waals surface area contributed by atoms with Gasteiger partial charge in [-0.05, 0) is 41.3 Å². The molecule has 4 rings (SSSR count). The molecule has 3 N–H and O–H groups in total. The normalized spacial score (nSPS) is 17.4. The van der Waals surface area contributed by atoms with E-state index >= 15 is 0 Å². The summed E-state index contributed by atoms with van der Waals surface area (Å²) < 4.78 is 0. The van der Waals surface area contributed by atoms with Crippen LogP contribution in [-0.2, 0) is 10.2 Å². The summed E-state index contributed by atoms with van der Waals surface area (Å²) >= 11 is 0. The molecular formula is C23H20N2O3. The molecule has 0 spiro atoms. The number of carbonyl (C=O) groups excluding carboxylic acids is 1. The van der Waals surface area contributed by atoms with Crippen molar-refractivity contribution in [1.82, 2.24) is 5.43 Å². The lowest BCUT2D eigenvalue weighted by Gasteiger charge is -2.18. The molecule has 5 heteroatoms. The number of rotatable bonds is 5. The van der Waals surface area contributed by atoms with Gasteiger partial charge in [-0.1, -0.05) is 60.7 Å². The van der Waals surface area contributed by atoms with Crippen LogP contribution in [-0.4, -0.2) is 22.3 Å². The van der Waals surface area contributed by atoms with E-state index in [-0.39, 0.29) is 28.7 Å². The topological polar surface area (TPSA) is 81.9 Å². The molecule has 0 unspecified atom stereocenters. The van der Waals surface area contributed by atoms with E-state index in [2.05, 4.69) is 34.8 Å². The fraction of sp³-hybridized carbons (Fsp3) is 0.130. The first-order valence-corrected chi connectivity index (χ1v) is 9.07. The van der Waals surface area contributed by atoms with E-state index in [1.807, 2.05) is 36.4 Å². The Morgan fingerprint density at radius 3 is 2.11 bits per heavy atom. The Bertz CT molecular complexity index is 977. The zero-order chi connectivity index (χ0) is 19.6. The van der Waals surface area contributed by atoms with Crippen molar-refractivity contribution < 1.29 is 15.0 Å². The molecule has 28 heavy (non-hydrogen) atoms. The van der Waals surface area contributed by atoms with Gasteiger partial charge in [-0.2, -0.15) is 5.10 Å². The van der Waals surface area contributed by atoms with E-state index in [1.165, 1.54) is 18.3 Å². The van der Waals surface area contributed by atoms with Gasteiger partial charge in [0.15, 0.2) is 11.5 Å². The molecule has 1 aliphatic carbocycles. The third-order valence-corrected chi connectivity index (χ3v) is 5.24. The molecule has 0 heterocycles. The molecule has 1 amide bonds. The third kappa shape index (κ3) is 3.22. The molecule has 1 fully saturated rings. The van der Waals surface area contributed by atoms with Gasteiger partial charge in [-0.3, -0.25) is 4.79 Å². The van der Waals surface area contributed by atoms with Crippen LogP contribution in [0.15, 0.2) is 84.0 Å². The predicted molar refractivity (Wildman–Crippen MR) is 107 cm³/mol. The molecule has 0 radical (unpaired) electrons. The average Bonchev–Trinajstić information content (AvgIpc) is 3.49. The summed E-state index contributed by atoms with van der Waals surface area (Å²) in [5.74, 6) is -0.783. The molecule has 0 saturated heterocycles. The smallest absolute Gasteiger partial charge is 0.244 e. The van der Waals surface area contributed by atoms with Crippen LogP contribution in [0.3, 0.4) is 0 Å². The van der Waals surface area contributed by atoms with Crippen molar-refractivity contribution in [2.24, 2.45) is 11.0 Å². The van der Waals surface area contributed by atoms with Gasteiger partial charge in [-0.25, -0.2) is 5.43 Å². The maximum Gasteiger partial charge on any atom is 0.244 e. The summed E-state index contributed by atoms with van der Waals surface area (Å²) in [6.45, 7) is 0. The lowest BCUT2D eigenvalue weighted by molar-refractivity contribution is -0.122. The predicted octanol–water partition coefficient (Wildman–Crippen LogP) is 3.55. The van der Waals surface area contributed by atoms with Gasteiger partial charge in [0.2, 0.25) is 5.91 Å². The van der Waals surface area contributed by atoms with Crippen molar-refractivity contribution in [2.75, 3.05) is 0 Å². The lowest BCUT2D eigenvalue weighted by atomic mass is 9.85. The highest BCUT2D eigenvalue weighted by Gasteiger charge is 2.60. The maximum absolute atomic E-state index is 12.8. The Morgan fingerprint density at radius 2 is 1.54 bits per heavy atom. The zero-order valence-corrected chi connectivity index (χ0v) is 15.1. The molecule has 1 saturated carbocycles. The maximum atomic E-state index is 12.8. The van der Waals surface area contributed by atoms with E-state index in [4.69, 9.17) is 0 Å². The van der Waals surface area contributed by atoms with Gasteiger partial charge in [0, 0.05) is 5.41 Å². The third-order valence-electron chi connectivity index (χ3n) is 5.24. The summed E-state index contributed by atoms with van der Waals surface area (Å²) in [6, 6.07) is 24.5. The van der Waals surface area contributed by atoms with Crippen molar-refractivity contribution >= 4 is 12.1 Å². The Labute approximate surface area is 163 Å². The SMILES string of the molecule is O=C(N/N=C\c1ccc(O)c(O)c1)[C@H]1CC1(c1ccccc1)c1ccccc1. The van der Waals surface area contributed by atoms with Crippen molar-refractivity contribution in [3.63, 3.8) is 0 Å². The van der Waals surface area contributed by atoms with E-state index < -0.39 is 0 Å². The lowest BCUT2D eigenvalue weighted by Crippen LogP contribution is -2.25. The van der Waals surface area contributed by atoms with Crippen LogP contribution in [0.4, 0.5) is 0 Å². The molecule has 0 aliphatic heterocycles. The number of hydrogen-bond donors (Lipinski definition) is 3. The van der Waals surface area contributed by atoms with Crippen molar-refractivity contribution in [1.29, 1.82) is 0 Å². The van der Waals surface area contributed by atoms with Gasteiger partial charge in [-0.15, -0.1) is 0 Å². The van der Waals surface area contributed by atoms with Crippen LogP contribution in [0.2, 0.25) is 0 Å². The number of phenolic OH excluding ortho intramolecular Hbond substituents is 2. The Hall–Kier alpha value is -3.60. The fourth-order valence-corrected chi connectivity index (χ4v) is 3.72. The first-order valence-electron chi connectivity index (χ1n) is 9.07. The largest absolute Gasteiger partial charge is 0.504 e. The second kappa shape index (κ2) is 7.19. The summed E-state index contributed by atoms with van der Waals surface area (Å²) in [5, 5.41) is 22.9. The number of phenols is 2. The molecule has 140 valence electrons. The van der Waals surface area contributed by atoms with Crippen molar-refractivity contribution in [3.8, 4) is 11.5 Å². The summed E-state index contributed by atoms with van der Waals surface area (Å²) in [6.07, 6.45) is 2.16. The molecule has 0 aromatic heterocycles. The van der Waals surface area contributed by atoms with Gasteiger partial charge in [0.05, 0.1) is 12.1 Å². The first-order chi connectivity index (χ1) is 13.6. The van der Waals surface area contributed by atoms with Crippen LogP contribution in [0.25, 0.3) is 0 Å². The van der Waals surface area contributed by atoms with Gasteiger partial charge >= 0.3 is 0 Å². The summed E-state index contributed by atoms with van der Waals surface area (Å²) in [4.78, 5) is 12.8. The Morgan fingerprint density at radius 1 is 0.929 bits per heavy atom. The molecule has 3 aromatic rings. The van der Waals surface area contributed by atoms with Crippen molar-refractivity contribution in [3.05, 3.63) is 95.6 Å². The first kappa shape index (κ1) is 17.8. The zero-order valence-electron chi connectivity index (χ0n) is 15.1. The average molecular weight is 372 g/mol. The highest BCUT2D eigenvalue weighted by atomic mass is 16.3. The van der Waals surface area contributed by atoms with E-state index in [1.54, 1.807) is 6.07 Å². The number of amides is 1. The van der Waals surface area contributed by atoms with Crippen LogP contribution in [0.5, 0.6) is 11.5 Å². The molecule has 3 aromatic carbocycles. The Balaban J connectivity index is 1.53. The summed E-state index contributed by atoms with van der Waals surface area (Å²) in [7, 11) is 0. The number of benzene rings is 3. The standard InChI is InChI=1S/C23H20N2O3/c26-20-12-11-16(13-21(20)27)15-24-25-22(28)19-14-23(19,17-7-3-1-4-8-17)18-9-5-2-6-10-18/h1-13,15,19,26-27H,14H2,(H,25,28)/b24-15-/t19-/m1/s1. The van der Waals surface area contributed by atoms with E-state index in [0.29, 0.717) is 5.56 Å². The number of carbonyl (C=O) groups is 1. The highest BCUT2D eigenvalue weighted by Crippen LogP contribution is 2.58. The number of hydrazone groups is 1. The van der Waals surface area contributed by atoms with E-state index in [0.717, 1.165) is 17.5 Å². The van der Waals surface area contributed by atoms with Crippen molar-refractivity contribution in [2.45, 2.75) is 11.8 Å². The summed E-state index contributed by atoms with van der Waals surface area (Å²) in [5.41, 5.74) is 5.08. The molecule has 1 aliphatic rings. The number of aromatic hydroxyl groups is 2. The minimum Gasteiger partial charge on any atom is -0.504 e. The van der Waals surface area contributed by atoms with Crippen LogP contribution >= 0.6 is 0 Å². The minimum absolute atomic E-state index is 0.146. The van der Waals surface area contributed by atoms with E-state index in [9.17, 15) is 15.0 Å². The molecular weight excluding hydrogens is 352 g/mol. The second-order valence-corrected chi connectivity index (χ2v) is 6.94. The fourth-order valence-electron chi connectivity index (χ4n) is 3.72. The van der Waals surface area contributed by atoms with Gasteiger partial charge in [0.1, 0.15) is 0 Å². The number of hydrogen-bond acceptors (Lipinski definition) is 4. The molecule has 5 nitrogen and oxygen atoms in total. The van der Waals surface area contributed by atoms with Crippen LogP contribution in [0, 0.1) is 5.92 Å². The van der Waals surface area contributed by atoms with Crippen LogP contribution in [0.1, 0.15) is 23.1 Å². The highest BCUT2D eigenvalue weighted by molar-refractivity contribution is 5.88. The second-order valence-electron chi connectivity index (χ2n) is 6.94. The molecule has 1 atom stereocenters. The quantitative estimate of drug-likeness (QED) is 0.364. The minimum atomic E-state index is -0.334. The Kier molecular flexibility index (Phi) is 4.57.